The number of alkyl halides is 2. The average Bonchev–Trinajstić information content (AvgIpc) is 2.75. The summed E-state index contributed by atoms with van der Waals surface area (Å²) >= 11 is 0. The Balaban J connectivity index is 1.85. The summed E-state index contributed by atoms with van der Waals surface area (Å²) < 4.78 is 57.7. The van der Waals surface area contributed by atoms with E-state index in [-0.39, 0.29) is 48.4 Å². The van der Waals surface area contributed by atoms with Gasteiger partial charge in [0.15, 0.2) is 17.1 Å². The molecule has 1 aromatic heterocycles. The Hall–Kier alpha value is -3.25. The Labute approximate surface area is 181 Å². The summed E-state index contributed by atoms with van der Waals surface area (Å²) in [5.41, 5.74) is 8.80. The number of amidine groups is 1. The summed E-state index contributed by atoms with van der Waals surface area (Å²) in [5.74, 6) is -1.67. The number of nitrogen functional groups attached to an aromatic ring is 1. The van der Waals surface area contributed by atoms with E-state index in [0.29, 0.717) is 6.61 Å². The van der Waals surface area contributed by atoms with Crippen LogP contribution in [0.25, 0.3) is 0 Å². The van der Waals surface area contributed by atoms with E-state index in [9.17, 15) is 18.0 Å². The van der Waals surface area contributed by atoms with Gasteiger partial charge in [-0.25, -0.2) is 18.2 Å². The van der Waals surface area contributed by atoms with Crippen LogP contribution >= 0.6 is 0 Å². The Morgan fingerprint density at radius 3 is 2.75 bits per heavy atom. The molecule has 0 bridgehead atoms. The molecule has 2 aromatic rings. The zero-order valence-corrected chi connectivity index (χ0v) is 17.2. The summed E-state index contributed by atoms with van der Waals surface area (Å²) in [6, 6.07) is 3.44. The molecule has 0 amide bonds. The second kappa shape index (κ2) is 9.92. The highest BCUT2D eigenvalue weighted by atomic mass is 19.3. The normalized spacial score (nSPS) is 18.5. The molecule has 0 spiro atoms. The van der Waals surface area contributed by atoms with Crippen LogP contribution in [0.15, 0.2) is 29.4 Å². The standard InChI is InChI=1S/C20H22F3N5O4/c1-30-4-5-32-16-8-26-17(18(25)27-16)14(29)7-11-2-3-13(21)12(6-11)20(19(22)23)10-31-9-15(24)28-20/h2-3,6,8,19H,4-5,7,9-10H2,1H3,(H2,24,28)(H2,25,27)/t20-/m0/s1. The summed E-state index contributed by atoms with van der Waals surface area (Å²) in [6.45, 7) is -0.130. The number of hydrogen-bond donors (Lipinski definition) is 2. The number of nitrogens with two attached hydrogens (primary N) is 2. The highest BCUT2D eigenvalue weighted by molar-refractivity contribution is 5.99. The molecule has 0 unspecified atom stereocenters. The molecule has 172 valence electrons. The number of anilines is 1. The van der Waals surface area contributed by atoms with E-state index >= 15 is 0 Å². The molecule has 3 rings (SSSR count). The van der Waals surface area contributed by atoms with Crippen LogP contribution in [0.2, 0.25) is 0 Å². The minimum Gasteiger partial charge on any atom is -0.474 e. The summed E-state index contributed by atoms with van der Waals surface area (Å²) in [7, 11) is 1.51. The molecule has 0 fully saturated rings. The summed E-state index contributed by atoms with van der Waals surface area (Å²) in [4.78, 5) is 24.4. The first kappa shape index (κ1) is 23.4. The number of aromatic nitrogens is 2. The number of nitrogens with zero attached hydrogens (tertiary/aromatic N) is 3. The maximum Gasteiger partial charge on any atom is 0.269 e. The molecule has 0 saturated carbocycles. The SMILES string of the molecule is COCCOc1cnc(C(=O)Cc2ccc(F)c([C@]3(C(F)F)COCC(N)=N3)c2)c(N)n1. The summed E-state index contributed by atoms with van der Waals surface area (Å²) in [6.07, 6.45) is -2.14. The fourth-order valence-corrected chi connectivity index (χ4v) is 3.18. The van der Waals surface area contributed by atoms with Gasteiger partial charge in [0.25, 0.3) is 6.43 Å². The lowest BCUT2D eigenvalue weighted by atomic mass is 9.88. The van der Waals surface area contributed by atoms with E-state index < -0.39 is 35.7 Å². The monoisotopic (exact) mass is 453 g/mol. The second-order valence-electron chi connectivity index (χ2n) is 7.02. The Kier molecular flexibility index (Phi) is 7.26. The van der Waals surface area contributed by atoms with E-state index in [2.05, 4.69) is 15.0 Å². The number of halogens is 3. The number of methoxy groups -OCH3 is 1. The van der Waals surface area contributed by atoms with Gasteiger partial charge in [-0.2, -0.15) is 4.98 Å². The maximum atomic E-state index is 14.5. The molecule has 9 nitrogen and oxygen atoms in total. The molecule has 1 aliphatic rings. The third kappa shape index (κ3) is 4.97. The molecular formula is C20H22F3N5O4. The van der Waals surface area contributed by atoms with Gasteiger partial charge in [0.05, 0.1) is 19.4 Å². The number of carbonyl (C=O) groups is 1. The van der Waals surface area contributed by atoms with E-state index in [1.165, 1.54) is 19.4 Å². The van der Waals surface area contributed by atoms with Crippen molar-refractivity contribution in [3.05, 3.63) is 47.0 Å². The van der Waals surface area contributed by atoms with Crippen LogP contribution in [0.4, 0.5) is 19.0 Å². The topological polar surface area (TPSA) is 135 Å². The Morgan fingerprint density at radius 2 is 2.09 bits per heavy atom. The summed E-state index contributed by atoms with van der Waals surface area (Å²) in [5, 5.41) is 0. The van der Waals surface area contributed by atoms with Crippen molar-refractivity contribution in [3.63, 3.8) is 0 Å². The zero-order chi connectivity index (χ0) is 23.3. The third-order valence-electron chi connectivity index (χ3n) is 4.72. The van der Waals surface area contributed by atoms with Crippen molar-refractivity contribution < 1.29 is 32.2 Å². The van der Waals surface area contributed by atoms with Gasteiger partial charge in [-0.15, -0.1) is 0 Å². The highest BCUT2D eigenvalue weighted by Gasteiger charge is 2.46. The number of rotatable bonds is 9. The van der Waals surface area contributed by atoms with E-state index in [4.69, 9.17) is 25.7 Å². The van der Waals surface area contributed by atoms with E-state index in [1.807, 2.05) is 0 Å². The number of ketones is 1. The zero-order valence-electron chi connectivity index (χ0n) is 17.2. The molecule has 2 heterocycles. The van der Waals surface area contributed by atoms with Gasteiger partial charge in [-0.1, -0.05) is 6.07 Å². The minimum absolute atomic E-state index is 0.117. The molecule has 1 aliphatic heterocycles. The van der Waals surface area contributed by atoms with E-state index in [0.717, 1.165) is 12.1 Å². The van der Waals surface area contributed by atoms with Gasteiger partial charge >= 0.3 is 0 Å². The minimum atomic E-state index is -3.09. The van der Waals surface area contributed by atoms with E-state index in [1.54, 1.807) is 0 Å². The Bertz CT molecular complexity index is 1020. The van der Waals surface area contributed by atoms with Crippen molar-refractivity contribution >= 4 is 17.4 Å². The molecule has 32 heavy (non-hydrogen) atoms. The number of benzene rings is 1. The first-order valence-corrected chi connectivity index (χ1v) is 9.53. The fraction of sp³-hybridized carbons (Fsp3) is 0.400. The van der Waals surface area contributed by atoms with Crippen molar-refractivity contribution in [1.29, 1.82) is 0 Å². The van der Waals surface area contributed by atoms with Crippen molar-refractivity contribution in [2.75, 3.05) is 39.3 Å². The third-order valence-corrected chi connectivity index (χ3v) is 4.72. The van der Waals surface area contributed by atoms with Gasteiger partial charge < -0.3 is 25.7 Å². The van der Waals surface area contributed by atoms with Crippen molar-refractivity contribution in [2.24, 2.45) is 10.7 Å². The smallest absolute Gasteiger partial charge is 0.269 e. The average molecular weight is 453 g/mol. The van der Waals surface area contributed by atoms with Crippen LogP contribution in [0.3, 0.4) is 0 Å². The van der Waals surface area contributed by atoms with Gasteiger partial charge in [-0.3, -0.25) is 9.79 Å². The fourth-order valence-electron chi connectivity index (χ4n) is 3.18. The lowest BCUT2D eigenvalue weighted by Crippen LogP contribution is -2.45. The van der Waals surface area contributed by atoms with Crippen LogP contribution in [-0.4, -0.2) is 61.5 Å². The van der Waals surface area contributed by atoms with Gasteiger partial charge in [0.2, 0.25) is 5.88 Å². The predicted octanol–water partition coefficient (Wildman–Crippen LogP) is 1.50. The predicted molar refractivity (Wildman–Crippen MR) is 108 cm³/mol. The Morgan fingerprint density at radius 1 is 1.31 bits per heavy atom. The molecule has 1 aromatic carbocycles. The van der Waals surface area contributed by atoms with Crippen LogP contribution < -0.4 is 16.2 Å². The number of ether oxygens (including phenoxy) is 3. The first-order chi connectivity index (χ1) is 15.3. The molecule has 0 saturated heterocycles. The van der Waals surface area contributed by atoms with Crippen LogP contribution in [0, 0.1) is 5.82 Å². The number of aliphatic imine (C=N–C) groups is 1. The van der Waals surface area contributed by atoms with Crippen molar-refractivity contribution in [1.82, 2.24) is 9.97 Å². The molecule has 12 heteroatoms. The molecule has 0 radical (unpaired) electrons. The maximum absolute atomic E-state index is 14.5. The molecule has 1 atom stereocenters. The number of hydrogen-bond acceptors (Lipinski definition) is 9. The lowest BCUT2D eigenvalue weighted by molar-refractivity contribution is -0.0146. The largest absolute Gasteiger partial charge is 0.474 e. The van der Waals surface area contributed by atoms with Gasteiger partial charge in [0.1, 0.15) is 30.6 Å². The first-order valence-electron chi connectivity index (χ1n) is 9.53. The van der Waals surface area contributed by atoms with Gasteiger partial charge in [0, 0.05) is 19.1 Å². The second-order valence-corrected chi connectivity index (χ2v) is 7.02. The molecule has 4 N–H and O–H groups in total. The van der Waals surface area contributed by atoms with Crippen molar-refractivity contribution in [2.45, 2.75) is 18.4 Å². The number of Topliss-reactive ketones (excluding diaryl/α,β-unsaturated/α-hetero) is 1. The molecule has 0 aliphatic carbocycles. The van der Waals surface area contributed by atoms with Crippen LogP contribution in [0.5, 0.6) is 5.88 Å². The van der Waals surface area contributed by atoms with Crippen LogP contribution in [-0.2, 0) is 21.4 Å². The van der Waals surface area contributed by atoms with Gasteiger partial charge in [-0.05, 0) is 17.7 Å². The van der Waals surface area contributed by atoms with Crippen LogP contribution in [0.1, 0.15) is 21.6 Å². The quantitative estimate of drug-likeness (QED) is 0.431. The lowest BCUT2D eigenvalue weighted by Gasteiger charge is -2.33. The number of carbonyl (C=O) groups excluding carboxylic acids is 1. The molecular weight excluding hydrogens is 431 g/mol. The highest BCUT2D eigenvalue weighted by Crippen LogP contribution is 2.37. The van der Waals surface area contributed by atoms with Crippen molar-refractivity contribution in [3.8, 4) is 5.88 Å².